The van der Waals surface area contributed by atoms with Gasteiger partial charge in [0.25, 0.3) is 0 Å². The van der Waals surface area contributed by atoms with E-state index in [0.29, 0.717) is 11.9 Å². The lowest BCUT2D eigenvalue weighted by Crippen LogP contribution is -2.29. The fraction of sp³-hybridized carbons (Fsp3) is 0.538. The van der Waals surface area contributed by atoms with E-state index in [-0.39, 0.29) is 0 Å². The molecule has 1 aromatic rings. The molecular weight excluding hydrogens is 238 g/mol. The minimum Gasteiger partial charge on any atom is -0.372 e. The van der Waals surface area contributed by atoms with E-state index in [1.54, 1.807) is 0 Å². The van der Waals surface area contributed by atoms with Crippen molar-refractivity contribution in [3.8, 4) is 0 Å². The van der Waals surface area contributed by atoms with E-state index < -0.39 is 0 Å². The molecular formula is C13H20ClNS. The second-order valence-corrected chi connectivity index (χ2v) is 5.29. The number of rotatable bonds is 6. The molecule has 16 heavy (non-hydrogen) atoms. The topological polar surface area (TPSA) is 3.24 Å². The zero-order valence-corrected chi connectivity index (χ0v) is 11.8. The van der Waals surface area contributed by atoms with Crippen LogP contribution in [0.3, 0.4) is 0 Å². The van der Waals surface area contributed by atoms with E-state index in [1.165, 1.54) is 23.4 Å². The fourth-order valence-electron chi connectivity index (χ4n) is 1.56. The third-order valence-electron chi connectivity index (χ3n) is 2.90. The van der Waals surface area contributed by atoms with Gasteiger partial charge in [0.2, 0.25) is 0 Å². The van der Waals surface area contributed by atoms with E-state index in [9.17, 15) is 0 Å². The molecule has 0 bridgehead atoms. The van der Waals surface area contributed by atoms with Crippen LogP contribution in [0.5, 0.6) is 0 Å². The first-order chi connectivity index (χ1) is 7.69. The molecule has 0 radical (unpaired) electrons. The van der Waals surface area contributed by atoms with Crippen LogP contribution in [0.25, 0.3) is 0 Å². The summed E-state index contributed by atoms with van der Waals surface area (Å²) in [4.78, 5) is 2.33. The first-order valence-corrected chi connectivity index (χ1v) is 7.48. The van der Waals surface area contributed by atoms with Gasteiger partial charge in [-0.15, -0.1) is 11.6 Å². The van der Waals surface area contributed by atoms with E-state index >= 15 is 0 Å². The number of anilines is 1. The Balaban J connectivity index is 2.60. The highest BCUT2D eigenvalue weighted by Crippen LogP contribution is 2.18. The first-order valence-electron chi connectivity index (χ1n) is 5.55. The molecule has 0 fully saturated rings. The molecule has 0 aliphatic heterocycles. The maximum absolute atomic E-state index is 5.77. The van der Waals surface area contributed by atoms with Gasteiger partial charge >= 0.3 is 0 Å². The SMILES string of the molecule is CSCCC(C)N(C)c1ccc(CCl)cc1. The van der Waals surface area contributed by atoms with Crippen LogP contribution in [-0.2, 0) is 5.88 Å². The minimum atomic E-state index is 0.578. The van der Waals surface area contributed by atoms with Crippen molar-refractivity contribution >= 4 is 29.1 Å². The fourth-order valence-corrected chi connectivity index (χ4v) is 2.31. The molecule has 0 saturated carbocycles. The average Bonchev–Trinajstić information content (AvgIpc) is 2.35. The number of alkyl halides is 1. The summed E-state index contributed by atoms with van der Waals surface area (Å²) in [7, 11) is 2.15. The van der Waals surface area contributed by atoms with Crippen LogP contribution in [0.2, 0.25) is 0 Å². The summed E-state index contributed by atoms with van der Waals surface area (Å²) >= 11 is 7.68. The van der Waals surface area contributed by atoms with Crippen molar-refractivity contribution in [2.24, 2.45) is 0 Å². The van der Waals surface area contributed by atoms with Gasteiger partial charge in [-0.1, -0.05) is 12.1 Å². The molecule has 1 atom stereocenters. The lowest BCUT2D eigenvalue weighted by atomic mass is 10.1. The summed E-state index contributed by atoms with van der Waals surface area (Å²) in [6, 6.07) is 9.07. The Labute approximate surface area is 108 Å². The average molecular weight is 258 g/mol. The molecule has 0 aliphatic rings. The smallest absolute Gasteiger partial charge is 0.0474 e. The monoisotopic (exact) mass is 257 g/mol. The molecule has 3 heteroatoms. The molecule has 0 aliphatic carbocycles. The van der Waals surface area contributed by atoms with Crippen LogP contribution in [-0.4, -0.2) is 25.1 Å². The molecule has 0 aromatic heterocycles. The zero-order valence-electron chi connectivity index (χ0n) is 10.2. The predicted molar refractivity (Wildman–Crippen MR) is 76.9 cm³/mol. The van der Waals surface area contributed by atoms with E-state index in [2.05, 4.69) is 49.4 Å². The lowest BCUT2D eigenvalue weighted by molar-refractivity contribution is 0.669. The lowest BCUT2D eigenvalue weighted by Gasteiger charge is -2.27. The van der Waals surface area contributed by atoms with Crippen molar-refractivity contribution in [2.75, 3.05) is 24.0 Å². The van der Waals surface area contributed by atoms with Gasteiger partial charge in [-0.3, -0.25) is 0 Å². The Morgan fingerprint density at radius 1 is 1.31 bits per heavy atom. The maximum Gasteiger partial charge on any atom is 0.0474 e. The number of nitrogens with zero attached hydrogens (tertiary/aromatic N) is 1. The van der Waals surface area contributed by atoms with Gasteiger partial charge < -0.3 is 4.90 Å². The molecule has 1 aromatic carbocycles. The van der Waals surface area contributed by atoms with E-state index in [1.807, 2.05) is 11.8 Å². The normalized spacial score (nSPS) is 12.5. The maximum atomic E-state index is 5.77. The third-order valence-corrected chi connectivity index (χ3v) is 3.85. The molecule has 0 heterocycles. The van der Waals surface area contributed by atoms with Crippen LogP contribution in [0.1, 0.15) is 18.9 Å². The van der Waals surface area contributed by atoms with Crippen LogP contribution in [0.4, 0.5) is 5.69 Å². The van der Waals surface area contributed by atoms with Gasteiger partial charge in [0.15, 0.2) is 0 Å². The Hall–Kier alpha value is -0.340. The predicted octanol–water partition coefficient (Wildman–Crippen LogP) is 4.00. The number of halogens is 1. The van der Waals surface area contributed by atoms with Gasteiger partial charge in [0.05, 0.1) is 0 Å². The number of hydrogen-bond donors (Lipinski definition) is 0. The summed E-state index contributed by atoms with van der Waals surface area (Å²) in [5.74, 6) is 1.80. The molecule has 0 saturated heterocycles. The largest absolute Gasteiger partial charge is 0.372 e. The molecule has 1 nitrogen and oxygen atoms in total. The molecule has 0 spiro atoms. The molecule has 90 valence electrons. The van der Waals surface area contributed by atoms with Crippen molar-refractivity contribution < 1.29 is 0 Å². The van der Waals surface area contributed by atoms with Crippen molar-refractivity contribution in [1.82, 2.24) is 0 Å². The van der Waals surface area contributed by atoms with E-state index in [4.69, 9.17) is 11.6 Å². The summed E-state index contributed by atoms with van der Waals surface area (Å²) in [5, 5.41) is 0. The summed E-state index contributed by atoms with van der Waals surface area (Å²) in [6.45, 7) is 2.27. The van der Waals surface area contributed by atoms with Gasteiger partial charge in [-0.05, 0) is 43.0 Å². The molecule has 0 amide bonds. The Morgan fingerprint density at radius 3 is 2.44 bits per heavy atom. The van der Waals surface area contributed by atoms with Gasteiger partial charge in [-0.2, -0.15) is 11.8 Å². The van der Waals surface area contributed by atoms with Crippen LogP contribution in [0, 0.1) is 0 Å². The molecule has 1 rings (SSSR count). The highest BCUT2D eigenvalue weighted by atomic mass is 35.5. The van der Waals surface area contributed by atoms with Crippen molar-refractivity contribution in [3.05, 3.63) is 29.8 Å². The van der Waals surface area contributed by atoms with Crippen LogP contribution < -0.4 is 4.90 Å². The molecule has 0 N–H and O–H groups in total. The highest BCUT2D eigenvalue weighted by molar-refractivity contribution is 7.98. The van der Waals surface area contributed by atoms with E-state index in [0.717, 1.165) is 0 Å². The number of thioether (sulfide) groups is 1. The Morgan fingerprint density at radius 2 is 1.94 bits per heavy atom. The zero-order chi connectivity index (χ0) is 12.0. The minimum absolute atomic E-state index is 0.578. The quantitative estimate of drug-likeness (QED) is 0.709. The Kier molecular flexibility index (Phi) is 6.07. The summed E-state index contributed by atoms with van der Waals surface area (Å²) in [6.07, 6.45) is 3.37. The van der Waals surface area contributed by atoms with Gasteiger partial charge in [0.1, 0.15) is 0 Å². The standard InChI is InChI=1S/C13H20ClNS/c1-11(8-9-16-3)15(2)13-6-4-12(10-14)5-7-13/h4-7,11H,8-10H2,1-3H3. The van der Waals surface area contributed by atoms with Crippen LogP contribution in [0.15, 0.2) is 24.3 Å². The summed E-state index contributed by atoms with van der Waals surface area (Å²) < 4.78 is 0. The van der Waals surface area contributed by atoms with Crippen molar-refractivity contribution in [3.63, 3.8) is 0 Å². The number of benzene rings is 1. The van der Waals surface area contributed by atoms with Gasteiger partial charge in [-0.25, -0.2) is 0 Å². The first kappa shape index (κ1) is 13.7. The van der Waals surface area contributed by atoms with Gasteiger partial charge in [0, 0.05) is 24.7 Å². The molecule has 1 unspecified atom stereocenters. The second kappa shape index (κ2) is 7.08. The van der Waals surface area contributed by atoms with Crippen LogP contribution >= 0.6 is 23.4 Å². The van der Waals surface area contributed by atoms with Crippen molar-refractivity contribution in [1.29, 1.82) is 0 Å². The second-order valence-electron chi connectivity index (χ2n) is 4.04. The van der Waals surface area contributed by atoms with Crippen molar-refractivity contribution in [2.45, 2.75) is 25.3 Å². The highest BCUT2D eigenvalue weighted by Gasteiger charge is 2.09. The summed E-state index contributed by atoms with van der Waals surface area (Å²) in [5.41, 5.74) is 2.44. The Bertz CT molecular complexity index is 299. The third kappa shape index (κ3) is 3.91. The number of hydrogen-bond acceptors (Lipinski definition) is 2.